The van der Waals surface area contributed by atoms with Gasteiger partial charge in [0.1, 0.15) is 11.5 Å². The van der Waals surface area contributed by atoms with Crippen molar-refractivity contribution >= 4 is 46.2 Å². The molecule has 0 aromatic heterocycles. The largest absolute Gasteiger partial charge is 0.507 e. The Morgan fingerprint density at radius 1 is 1.32 bits per heavy atom. The van der Waals surface area contributed by atoms with E-state index in [1.807, 2.05) is 19.1 Å². The average molecular weight is 375 g/mol. The number of hydrogen-bond acceptors (Lipinski definition) is 5. The minimum atomic E-state index is -0.274. The molecule has 7 heteroatoms. The number of para-hydroxylation sites is 1. The zero-order valence-electron chi connectivity index (χ0n) is 13.3. The first kappa shape index (κ1) is 17.4. The van der Waals surface area contributed by atoms with Crippen LogP contribution in [0.1, 0.15) is 12.5 Å². The van der Waals surface area contributed by atoms with Gasteiger partial charge < -0.3 is 15.2 Å². The first-order chi connectivity index (χ1) is 12.1. The van der Waals surface area contributed by atoms with E-state index in [0.717, 1.165) is 0 Å². The third-order valence-corrected chi connectivity index (χ3v) is 4.55. The van der Waals surface area contributed by atoms with Crippen LogP contribution in [0.5, 0.6) is 11.5 Å². The monoisotopic (exact) mass is 374 g/mol. The maximum absolute atomic E-state index is 12.1. The zero-order valence-corrected chi connectivity index (χ0v) is 14.9. The lowest BCUT2D eigenvalue weighted by atomic mass is 10.1. The number of thioether (sulfide) groups is 1. The Morgan fingerprint density at radius 2 is 2.12 bits per heavy atom. The molecule has 1 heterocycles. The number of nitrogens with zero attached hydrogens (tertiary/aromatic N) is 1. The molecule has 1 aliphatic heterocycles. The van der Waals surface area contributed by atoms with Crippen molar-refractivity contribution in [2.45, 2.75) is 6.92 Å². The molecule has 2 N–H and O–H groups in total. The van der Waals surface area contributed by atoms with E-state index < -0.39 is 0 Å². The van der Waals surface area contributed by atoms with Gasteiger partial charge in [0.25, 0.3) is 5.91 Å². The second kappa shape index (κ2) is 7.63. The molecule has 0 radical (unpaired) electrons. The SMILES string of the molecule is CCOc1ccc(C=C2SC(=Nc3ccccc3Cl)NC2=O)c(O)c1. The summed E-state index contributed by atoms with van der Waals surface area (Å²) in [6, 6.07) is 12.1. The number of amides is 1. The first-order valence-corrected chi connectivity index (χ1v) is 8.76. The van der Waals surface area contributed by atoms with Crippen LogP contribution in [0, 0.1) is 0 Å². The van der Waals surface area contributed by atoms with E-state index in [-0.39, 0.29) is 11.7 Å². The van der Waals surface area contributed by atoms with Gasteiger partial charge in [-0.1, -0.05) is 23.7 Å². The summed E-state index contributed by atoms with van der Waals surface area (Å²) in [4.78, 5) is 16.9. The molecule has 0 atom stereocenters. The van der Waals surface area contributed by atoms with Crippen molar-refractivity contribution < 1.29 is 14.6 Å². The summed E-state index contributed by atoms with van der Waals surface area (Å²) in [5, 5.41) is 13.7. The molecule has 0 aliphatic carbocycles. The van der Waals surface area contributed by atoms with Crippen molar-refractivity contribution in [3.63, 3.8) is 0 Å². The van der Waals surface area contributed by atoms with E-state index in [1.54, 1.807) is 30.3 Å². The highest BCUT2D eigenvalue weighted by molar-refractivity contribution is 8.18. The number of nitrogens with one attached hydrogen (secondary N) is 1. The van der Waals surface area contributed by atoms with Crippen LogP contribution in [-0.4, -0.2) is 22.8 Å². The number of carbonyl (C=O) groups is 1. The van der Waals surface area contributed by atoms with E-state index >= 15 is 0 Å². The average Bonchev–Trinajstić information content (AvgIpc) is 2.92. The number of benzene rings is 2. The van der Waals surface area contributed by atoms with Crippen LogP contribution in [0.15, 0.2) is 52.4 Å². The molecule has 0 saturated carbocycles. The van der Waals surface area contributed by atoms with Gasteiger partial charge in [0.15, 0.2) is 5.17 Å². The summed E-state index contributed by atoms with van der Waals surface area (Å²) in [7, 11) is 0. The number of aromatic hydroxyl groups is 1. The third kappa shape index (κ3) is 4.15. The molecular formula is C18H15ClN2O3S. The minimum Gasteiger partial charge on any atom is -0.507 e. The van der Waals surface area contributed by atoms with Gasteiger partial charge in [0, 0.05) is 11.6 Å². The van der Waals surface area contributed by atoms with Gasteiger partial charge in [0.05, 0.1) is 22.2 Å². The number of aliphatic imine (C=N–C) groups is 1. The van der Waals surface area contributed by atoms with E-state index in [4.69, 9.17) is 16.3 Å². The predicted molar refractivity (Wildman–Crippen MR) is 102 cm³/mol. The fraction of sp³-hybridized carbons (Fsp3) is 0.111. The summed E-state index contributed by atoms with van der Waals surface area (Å²) in [6.07, 6.45) is 1.61. The number of rotatable bonds is 4. The van der Waals surface area contributed by atoms with Crippen LogP contribution in [0.3, 0.4) is 0 Å². The van der Waals surface area contributed by atoms with Crippen molar-refractivity contribution in [3.8, 4) is 11.5 Å². The molecule has 1 aliphatic rings. The van der Waals surface area contributed by atoms with E-state index in [9.17, 15) is 9.90 Å². The Balaban J connectivity index is 1.83. The number of phenolic OH excluding ortho intramolecular Hbond substituents is 1. The first-order valence-electron chi connectivity index (χ1n) is 7.56. The molecule has 2 aromatic rings. The van der Waals surface area contributed by atoms with Gasteiger partial charge in [0.2, 0.25) is 0 Å². The molecule has 1 fully saturated rings. The number of amidine groups is 1. The van der Waals surface area contributed by atoms with Gasteiger partial charge in [-0.05, 0) is 49.0 Å². The lowest BCUT2D eigenvalue weighted by Crippen LogP contribution is -2.19. The van der Waals surface area contributed by atoms with Gasteiger partial charge in [-0.2, -0.15) is 0 Å². The topological polar surface area (TPSA) is 70.9 Å². The number of halogens is 1. The Morgan fingerprint density at radius 3 is 2.84 bits per heavy atom. The number of ether oxygens (including phenoxy) is 1. The standard InChI is InChI=1S/C18H15ClN2O3S/c1-2-24-12-8-7-11(15(22)10-12)9-16-17(23)21-18(25-16)20-14-6-4-3-5-13(14)19/h3-10,22H,2H2,1H3,(H,20,21,23). The lowest BCUT2D eigenvalue weighted by molar-refractivity contribution is -0.115. The summed E-state index contributed by atoms with van der Waals surface area (Å²) in [5.74, 6) is 0.346. The van der Waals surface area contributed by atoms with Crippen molar-refractivity contribution in [1.29, 1.82) is 0 Å². The maximum atomic E-state index is 12.1. The Kier molecular flexibility index (Phi) is 5.31. The molecule has 1 amide bonds. The normalized spacial score (nSPS) is 17.1. The predicted octanol–water partition coefficient (Wildman–Crippen LogP) is 4.34. The molecule has 0 unspecified atom stereocenters. The second-order valence-electron chi connectivity index (χ2n) is 5.09. The highest BCUT2D eigenvalue weighted by atomic mass is 35.5. The molecule has 25 heavy (non-hydrogen) atoms. The van der Waals surface area contributed by atoms with Crippen LogP contribution >= 0.6 is 23.4 Å². The van der Waals surface area contributed by atoms with Crippen LogP contribution in [0.4, 0.5) is 5.69 Å². The molecular weight excluding hydrogens is 360 g/mol. The minimum absolute atomic E-state index is 0.0448. The van der Waals surface area contributed by atoms with Crippen LogP contribution in [-0.2, 0) is 4.79 Å². The van der Waals surface area contributed by atoms with Crippen molar-refractivity contribution in [3.05, 3.63) is 58.0 Å². The van der Waals surface area contributed by atoms with E-state index in [2.05, 4.69) is 10.3 Å². The highest BCUT2D eigenvalue weighted by Gasteiger charge is 2.24. The molecule has 0 bridgehead atoms. The summed E-state index contributed by atoms with van der Waals surface area (Å²) in [5.41, 5.74) is 1.11. The van der Waals surface area contributed by atoms with Crippen molar-refractivity contribution in [2.24, 2.45) is 4.99 Å². The van der Waals surface area contributed by atoms with Crippen LogP contribution in [0.2, 0.25) is 5.02 Å². The third-order valence-electron chi connectivity index (χ3n) is 3.32. The van der Waals surface area contributed by atoms with Gasteiger partial charge in [-0.15, -0.1) is 0 Å². The fourth-order valence-corrected chi connectivity index (χ4v) is 3.18. The fourth-order valence-electron chi connectivity index (χ4n) is 2.18. The lowest BCUT2D eigenvalue weighted by Gasteiger charge is -2.05. The van der Waals surface area contributed by atoms with Crippen molar-refractivity contribution in [1.82, 2.24) is 5.32 Å². The van der Waals surface area contributed by atoms with Crippen LogP contribution < -0.4 is 10.1 Å². The summed E-state index contributed by atoms with van der Waals surface area (Å²) < 4.78 is 5.33. The smallest absolute Gasteiger partial charge is 0.264 e. The summed E-state index contributed by atoms with van der Waals surface area (Å²) >= 11 is 7.27. The van der Waals surface area contributed by atoms with Gasteiger partial charge >= 0.3 is 0 Å². The number of carbonyl (C=O) groups excluding carboxylic acids is 1. The quantitative estimate of drug-likeness (QED) is 0.781. The van der Waals surface area contributed by atoms with Gasteiger partial charge in [-0.3, -0.25) is 4.79 Å². The number of phenols is 1. The molecule has 0 spiro atoms. The maximum Gasteiger partial charge on any atom is 0.264 e. The number of hydrogen-bond donors (Lipinski definition) is 2. The van der Waals surface area contributed by atoms with Gasteiger partial charge in [-0.25, -0.2) is 4.99 Å². The highest BCUT2D eigenvalue weighted by Crippen LogP contribution is 2.33. The van der Waals surface area contributed by atoms with Crippen molar-refractivity contribution in [2.75, 3.05) is 6.61 Å². The molecule has 128 valence electrons. The molecule has 2 aromatic carbocycles. The Labute approximate surface area is 154 Å². The Bertz CT molecular complexity index is 880. The molecule has 1 saturated heterocycles. The molecule has 5 nitrogen and oxygen atoms in total. The summed E-state index contributed by atoms with van der Waals surface area (Å²) in [6.45, 7) is 2.38. The molecule has 3 rings (SSSR count). The van der Waals surface area contributed by atoms with E-state index in [0.29, 0.717) is 38.7 Å². The van der Waals surface area contributed by atoms with E-state index in [1.165, 1.54) is 17.8 Å². The second-order valence-corrected chi connectivity index (χ2v) is 6.52. The van der Waals surface area contributed by atoms with Crippen LogP contribution in [0.25, 0.3) is 6.08 Å². The zero-order chi connectivity index (χ0) is 17.8. The Hall–Kier alpha value is -2.44.